The topological polar surface area (TPSA) is 59.8 Å². The molecule has 2 aromatic rings. The molecule has 1 amide bonds. The van der Waals surface area contributed by atoms with Gasteiger partial charge in [-0.25, -0.2) is 0 Å². The number of nitrogens with zero attached hydrogens (tertiary/aromatic N) is 4. The number of aromatic nitrogens is 2. The van der Waals surface area contributed by atoms with E-state index in [4.69, 9.17) is 9.47 Å². The predicted octanol–water partition coefficient (Wildman–Crippen LogP) is 1.53. The number of rotatable bonds is 3. The zero-order valence-corrected chi connectivity index (χ0v) is 14.1. The maximum Gasteiger partial charge on any atom is 0.231 e. The number of ether oxygens (including phenoxy) is 2. The highest BCUT2D eigenvalue weighted by Gasteiger charge is 2.47. The summed E-state index contributed by atoms with van der Waals surface area (Å²) in [5.41, 5.74) is 2.10. The van der Waals surface area contributed by atoms with Crippen LogP contribution in [0.5, 0.6) is 11.5 Å². The molecule has 0 unspecified atom stereocenters. The lowest BCUT2D eigenvalue weighted by molar-refractivity contribution is -0.117. The summed E-state index contributed by atoms with van der Waals surface area (Å²) in [6.45, 7) is 2.11. The van der Waals surface area contributed by atoms with Gasteiger partial charge in [-0.2, -0.15) is 5.10 Å². The summed E-state index contributed by atoms with van der Waals surface area (Å²) in [5.74, 6) is 1.81. The number of amides is 1. The molecule has 0 aliphatic carbocycles. The molecule has 3 aliphatic heterocycles. The monoisotopic (exact) mass is 340 g/mol. The fraction of sp³-hybridized carbons (Fsp3) is 0.444. The van der Waals surface area contributed by atoms with Gasteiger partial charge in [-0.1, -0.05) is 6.07 Å². The van der Waals surface area contributed by atoms with Crippen LogP contribution < -0.4 is 14.4 Å². The van der Waals surface area contributed by atoms with Crippen molar-refractivity contribution in [3.05, 3.63) is 36.2 Å². The summed E-state index contributed by atoms with van der Waals surface area (Å²) in [6, 6.07) is 6.60. The lowest BCUT2D eigenvalue weighted by Gasteiger charge is -2.24. The number of carbonyl (C=O) groups excluding carboxylic acids is 1. The smallest absolute Gasteiger partial charge is 0.231 e. The van der Waals surface area contributed by atoms with Crippen LogP contribution in [-0.4, -0.2) is 46.0 Å². The van der Waals surface area contributed by atoms with Crippen LogP contribution in [0.4, 0.5) is 5.69 Å². The van der Waals surface area contributed by atoms with E-state index in [-0.39, 0.29) is 18.0 Å². The SMILES string of the molecule is Cn1cc(N2C(=O)C[C@H]3[C@H]2CCN3Cc2ccc3c(c2)OCO3)cn1. The van der Waals surface area contributed by atoms with Crippen LogP contribution in [0.3, 0.4) is 0 Å². The largest absolute Gasteiger partial charge is 0.454 e. The zero-order chi connectivity index (χ0) is 17.0. The number of hydrogen-bond donors (Lipinski definition) is 0. The minimum absolute atomic E-state index is 0.193. The van der Waals surface area contributed by atoms with Crippen molar-refractivity contribution in [2.75, 3.05) is 18.2 Å². The van der Waals surface area contributed by atoms with Crippen molar-refractivity contribution in [1.29, 1.82) is 0 Å². The van der Waals surface area contributed by atoms with Crippen molar-refractivity contribution in [1.82, 2.24) is 14.7 Å². The number of benzene rings is 1. The van der Waals surface area contributed by atoms with E-state index in [1.807, 2.05) is 30.3 Å². The molecule has 4 heterocycles. The summed E-state index contributed by atoms with van der Waals surface area (Å²) < 4.78 is 12.6. The maximum absolute atomic E-state index is 12.6. The van der Waals surface area contributed by atoms with Crippen LogP contribution >= 0.6 is 0 Å². The third-order valence-electron chi connectivity index (χ3n) is 5.40. The van der Waals surface area contributed by atoms with Crippen molar-refractivity contribution in [3.63, 3.8) is 0 Å². The molecule has 0 spiro atoms. The molecule has 0 radical (unpaired) electrons. The molecule has 2 fully saturated rings. The fourth-order valence-electron chi connectivity index (χ4n) is 4.27. The van der Waals surface area contributed by atoms with Crippen molar-refractivity contribution in [2.45, 2.75) is 31.5 Å². The molecule has 5 rings (SSSR count). The molecule has 2 saturated heterocycles. The van der Waals surface area contributed by atoms with Crippen molar-refractivity contribution in [2.24, 2.45) is 7.05 Å². The van der Waals surface area contributed by atoms with Crippen LogP contribution in [0.15, 0.2) is 30.6 Å². The first kappa shape index (κ1) is 14.8. The number of aryl methyl sites for hydroxylation is 1. The van der Waals surface area contributed by atoms with E-state index >= 15 is 0 Å². The normalized spacial score (nSPS) is 25.0. The molecule has 7 nitrogen and oxygen atoms in total. The number of carbonyl (C=O) groups is 1. The van der Waals surface area contributed by atoms with Crippen molar-refractivity contribution in [3.8, 4) is 11.5 Å². The molecule has 7 heteroatoms. The molecule has 0 saturated carbocycles. The molecule has 2 atom stereocenters. The third-order valence-corrected chi connectivity index (χ3v) is 5.40. The molecular weight excluding hydrogens is 320 g/mol. The number of hydrogen-bond acceptors (Lipinski definition) is 5. The predicted molar refractivity (Wildman–Crippen MR) is 90.5 cm³/mol. The van der Waals surface area contributed by atoms with E-state index in [0.29, 0.717) is 13.2 Å². The number of likely N-dealkylation sites (tertiary alicyclic amines) is 1. The molecule has 25 heavy (non-hydrogen) atoms. The molecule has 0 N–H and O–H groups in total. The molecule has 1 aromatic carbocycles. The molecule has 0 bridgehead atoms. The van der Waals surface area contributed by atoms with Gasteiger partial charge in [0.15, 0.2) is 11.5 Å². The molecule has 3 aliphatic rings. The van der Waals surface area contributed by atoms with Gasteiger partial charge < -0.3 is 14.4 Å². The van der Waals surface area contributed by atoms with Crippen molar-refractivity contribution < 1.29 is 14.3 Å². The molecule has 1 aromatic heterocycles. The summed E-state index contributed by atoms with van der Waals surface area (Å²) in [6.07, 6.45) is 5.27. The van der Waals surface area contributed by atoms with Gasteiger partial charge in [0.1, 0.15) is 0 Å². The Labute approximate surface area is 145 Å². The van der Waals surface area contributed by atoms with Gasteiger partial charge in [0, 0.05) is 38.8 Å². The van der Waals surface area contributed by atoms with Gasteiger partial charge in [0.25, 0.3) is 0 Å². The van der Waals surface area contributed by atoms with Gasteiger partial charge in [-0.3, -0.25) is 14.4 Å². The highest BCUT2D eigenvalue weighted by Crippen LogP contribution is 2.38. The summed E-state index contributed by atoms with van der Waals surface area (Å²) in [4.78, 5) is 16.9. The Bertz CT molecular complexity index is 833. The van der Waals surface area contributed by atoms with Crippen LogP contribution in [0, 0.1) is 0 Å². The molecular formula is C18H20N4O3. The summed E-state index contributed by atoms with van der Waals surface area (Å²) >= 11 is 0. The van der Waals surface area contributed by atoms with Gasteiger partial charge in [0.05, 0.1) is 17.9 Å². The Morgan fingerprint density at radius 1 is 1.24 bits per heavy atom. The minimum atomic E-state index is 0.193. The van der Waals surface area contributed by atoms with Crippen LogP contribution in [0.25, 0.3) is 0 Å². The second kappa shape index (κ2) is 5.49. The first-order valence-electron chi connectivity index (χ1n) is 8.62. The van der Waals surface area contributed by atoms with Gasteiger partial charge in [-0.05, 0) is 24.1 Å². The van der Waals surface area contributed by atoms with E-state index in [2.05, 4.69) is 16.1 Å². The Morgan fingerprint density at radius 3 is 2.96 bits per heavy atom. The minimum Gasteiger partial charge on any atom is -0.454 e. The zero-order valence-electron chi connectivity index (χ0n) is 14.1. The highest BCUT2D eigenvalue weighted by atomic mass is 16.7. The van der Waals surface area contributed by atoms with Crippen molar-refractivity contribution >= 4 is 11.6 Å². The Morgan fingerprint density at radius 2 is 2.12 bits per heavy atom. The van der Waals surface area contributed by atoms with Crippen LogP contribution in [0.1, 0.15) is 18.4 Å². The first-order valence-corrected chi connectivity index (χ1v) is 8.62. The fourth-order valence-corrected chi connectivity index (χ4v) is 4.27. The second-order valence-electron chi connectivity index (χ2n) is 6.92. The van der Waals surface area contributed by atoms with E-state index in [9.17, 15) is 4.79 Å². The van der Waals surface area contributed by atoms with Gasteiger partial charge in [-0.15, -0.1) is 0 Å². The van der Waals surface area contributed by atoms with E-state index in [1.165, 1.54) is 5.56 Å². The molecule has 130 valence electrons. The standard InChI is InChI=1S/C18H20N4O3/c1-20-10-13(8-19-20)22-14-4-5-21(15(14)7-18(22)23)9-12-2-3-16-17(6-12)25-11-24-16/h2-3,6,8,10,14-15H,4-5,7,9,11H2,1H3/t14-,15+/m1/s1. The number of fused-ring (bicyclic) bond motifs is 2. The van der Waals surface area contributed by atoms with Crippen LogP contribution in [-0.2, 0) is 18.4 Å². The lowest BCUT2D eigenvalue weighted by Crippen LogP contribution is -2.37. The van der Waals surface area contributed by atoms with Gasteiger partial charge >= 0.3 is 0 Å². The maximum atomic E-state index is 12.6. The lowest BCUT2D eigenvalue weighted by atomic mass is 10.1. The summed E-state index contributed by atoms with van der Waals surface area (Å²) in [7, 11) is 1.88. The van der Waals surface area contributed by atoms with Crippen LogP contribution in [0.2, 0.25) is 0 Å². The number of anilines is 1. The second-order valence-corrected chi connectivity index (χ2v) is 6.92. The van der Waals surface area contributed by atoms with E-state index in [0.717, 1.165) is 36.7 Å². The average molecular weight is 340 g/mol. The van der Waals surface area contributed by atoms with E-state index in [1.54, 1.807) is 10.9 Å². The third kappa shape index (κ3) is 2.38. The Hall–Kier alpha value is -2.54. The summed E-state index contributed by atoms with van der Waals surface area (Å²) in [5, 5.41) is 4.21. The van der Waals surface area contributed by atoms with Gasteiger partial charge in [0.2, 0.25) is 12.7 Å². The Kier molecular flexibility index (Phi) is 3.24. The average Bonchev–Trinajstić information content (AvgIpc) is 3.34. The first-order chi connectivity index (χ1) is 12.2. The Balaban J connectivity index is 1.35. The highest BCUT2D eigenvalue weighted by molar-refractivity contribution is 5.97. The van der Waals surface area contributed by atoms with E-state index < -0.39 is 0 Å². The quantitative estimate of drug-likeness (QED) is 0.848.